The molecule has 0 bridgehead atoms. The van der Waals surface area contributed by atoms with Crippen LogP contribution in [0.5, 0.6) is 5.75 Å². The highest BCUT2D eigenvalue weighted by Gasteiger charge is 2.33. The lowest BCUT2D eigenvalue weighted by Gasteiger charge is -2.24. The van der Waals surface area contributed by atoms with Crippen molar-refractivity contribution in [1.82, 2.24) is 4.57 Å². The number of esters is 1. The van der Waals surface area contributed by atoms with Gasteiger partial charge in [0.2, 0.25) is 0 Å². The highest BCUT2D eigenvalue weighted by molar-refractivity contribution is 14.1. The number of hydrogen-bond donors (Lipinski definition) is 0. The maximum atomic E-state index is 14.3. The van der Waals surface area contributed by atoms with Gasteiger partial charge in [-0.1, -0.05) is 75.3 Å². The van der Waals surface area contributed by atoms with Crippen LogP contribution in [0.1, 0.15) is 42.1 Å². The number of aromatic nitrogens is 1. The van der Waals surface area contributed by atoms with Crippen LogP contribution in [0.25, 0.3) is 6.08 Å². The minimum absolute atomic E-state index is 0.0297. The first-order chi connectivity index (χ1) is 19.7. The molecule has 3 aromatic carbocycles. The quantitative estimate of drug-likeness (QED) is 0.167. The van der Waals surface area contributed by atoms with Crippen molar-refractivity contribution in [1.29, 1.82) is 0 Å². The smallest absolute Gasteiger partial charge is 0.338 e. The van der Waals surface area contributed by atoms with Crippen molar-refractivity contribution in [2.75, 3.05) is 6.61 Å². The van der Waals surface area contributed by atoms with Crippen molar-refractivity contribution in [2.45, 2.75) is 33.4 Å². The monoisotopic (exact) mass is 746 g/mol. The SMILES string of the molecule is CCOC(=O)C1=C(C)N=c2s/c(=C\c3cc(Br)cc(I)c3OCc3ccccc3F)c(=O)n2[C@@H]1c1ccc(C)cc1. The first-order valence-corrected chi connectivity index (χ1v) is 15.5. The van der Waals surface area contributed by atoms with Gasteiger partial charge in [0, 0.05) is 15.6 Å². The maximum absolute atomic E-state index is 14.3. The van der Waals surface area contributed by atoms with Crippen LogP contribution in [0.15, 0.2) is 86.2 Å². The first-order valence-electron chi connectivity index (χ1n) is 12.8. The number of thiazole rings is 1. The van der Waals surface area contributed by atoms with Crippen LogP contribution in [0, 0.1) is 16.3 Å². The van der Waals surface area contributed by atoms with Crippen molar-refractivity contribution in [3.8, 4) is 5.75 Å². The summed E-state index contributed by atoms with van der Waals surface area (Å²) in [7, 11) is 0. The molecule has 1 aromatic heterocycles. The molecule has 1 atom stereocenters. The van der Waals surface area contributed by atoms with Crippen LogP contribution in [-0.2, 0) is 16.1 Å². The third-order valence-electron chi connectivity index (χ3n) is 6.56. The summed E-state index contributed by atoms with van der Waals surface area (Å²) in [5.41, 5.74) is 3.48. The fourth-order valence-electron chi connectivity index (χ4n) is 4.60. The van der Waals surface area contributed by atoms with E-state index in [1.54, 1.807) is 42.7 Å². The predicted octanol–water partition coefficient (Wildman–Crippen LogP) is 6.19. The zero-order valence-corrected chi connectivity index (χ0v) is 27.0. The second-order valence-electron chi connectivity index (χ2n) is 9.40. The van der Waals surface area contributed by atoms with Crippen molar-refractivity contribution in [2.24, 2.45) is 4.99 Å². The third-order valence-corrected chi connectivity index (χ3v) is 8.81. The van der Waals surface area contributed by atoms with E-state index < -0.39 is 12.0 Å². The van der Waals surface area contributed by atoms with E-state index in [0.717, 1.165) is 19.2 Å². The molecule has 0 unspecified atom stereocenters. The Kier molecular flexibility index (Phi) is 8.91. The molecule has 0 saturated heterocycles. The van der Waals surface area contributed by atoms with Crippen LogP contribution in [-0.4, -0.2) is 17.1 Å². The number of halogens is 3. The van der Waals surface area contributed by atoms with Crippen molar-refractivity contribution in [3.05, 3.63) is 128 Å². The largest absolute Gasteiger partial charge is 0.487 e. The molecular formula is C31H25BrFIN2O4S. The summed E-state index contributed by atoms with van der Waals surface area (Å²) in [6, 6.07) is 17.2. The molecule has 0 N–H and O–H groups in total. The van der Waals surface area contributed by atoms with Gasteiger partial charge in [0.15, 0.2) is 4.80 Å². The van der Waals surface area contributed by atoms with Gasteiger partial charge in [-0.2, -0.15) is 0 Å². The van der Waals surface area contributed by atoms with Crippen LogP contribution >= 0.6 is 49.9 Å². The Hall–Kier alpha value is -3.09. The van der Waals surface area contributed by atoms with Crippen molar-refractivity contribution >= 4 is 61.9 Å². The normalized spacial score (nSPS) is 15.0. The zero-order valence-electron chi connectivity index (χ0n) is 22.4. The average molecular weight is 747 g/mol. The number of carbonyl (C=O) groups excluding carboxylic acids is 1. The predicted molar refractivity (Wildman–Crippen MR) is 169 cm³/mol. The summed E-state index contributed by atoms with van der Waals surface area (Å²) in [4.78, 5) is 32.2. The lowest BCUT2D eigenvalue weighted by Crippen LogP contribution is -2.39. The summed E-state index contributed by atoms with van der Waals surface area (Å²) >= 11 is 6.93. The van der Waals surface area contributed by atoms with Crippen LogP contribution in [0.3, 0.4) is 0 Å². The number of allylic oxidation sites excluding steroid dienone is 1. The number of hydrogen-bond acceptors (Lipinski definition) is 6. The third kappa shape index (κ3) is 6.09. The van der Waals surface area contributed by atoms with Gasteiger partial charge < -0.3 is 9.47 Å². The molecule has 210 valence electrons. The number of rotatable bonds is 7. The Bertz CT molecular complexity index is 1860. The zero-order chi connectivity index (χ0) is 29.3. The molecule has 2 heterocycles. The van der Waals surface area contributed by atoms with Gasteiger partial charge >= 0.3 is 5.97 Å². The maximum Gasteiger partial charge on any atom is 0.338 e. The minimum atomic E-state index is -0.688. The highest BCUT2D eigenvalue weighted by Crippen LogP contribution is 2.33. The van der Waals surface area contributed by atoms with Crippen LogP contribution in [0.2, 0.25) is 0 Å². The molecule has 0 amide bonds. The fraction of sp³-hybridized carbons (Fsp3) is 0.194. The molecule has 0 radical (unpaired) electrons. The molecule has 0 spiro atoms. The molecular weight excluding hydrogens is 722 g/mol. The number of aryl methyl sites for hydroxylation is 1. The summed E-state index contributed by atoms with van der Waals surface area (Å²) in [5.74, 6) is -0.321. The van der Waals surface area contributed by atoms with Crippen LogP contribution < -0.4 is 19.6 Å². The van der Waals surface area contributed by atoms with Gasteiger partial charge in [-0.05, 0) is 73.2 Å². The highest BCUT2D eigenvalue weighted by atomic mass is 127. The van der Waals surface area contributed by atoms with E-state index in [9.17, 15) is 14.0 Å². The standard InChI is InChI=1S/C31H25BrFIN2O4S/c1-4-39-30(38)26-18(3)35-31-36(27(26)19-11-9-17(2)10-12-19)29(37)25(41-31)14-21-13-22(32)15-24(34)28(21)40-16-20-7-5-6-8-23(20)33/h5-15,27H,4,16H2,1-3H3/b25-14-/t27-/m1/s1. The number of carbonyl (C=O) groups is 1. The molecule has 10 heteroatoms. The molecule has 0 aliphatic carbocycles. The van der Waals surface area contributed by atoms with E-state index in [4.69, 9.17) is 9.47 Å². The number of ether oxygens (including phenoxy) is 2. The Balaban J connectivity index is 1.65. The molecule has 0 fully saturated rings. The lowest BCUT2D eigenvalue weighted by atomic mass is 9.95. The van der Waals surface area contributed by atoms with Gasteiger partial charge in [0.25, 0.3) is 5.56 Å². The van der Waals surface area contributed by atoms with Gasteiger partial charge in [-0.25, -0.2) is 14.2 Å². The number of nitrogens with zero attached hydrogens (tertiary/aromatic N) is 2. The Morgan fingerprint density at radius 2 is 1.90 bits per heavy atom. The molecule has 0 saturated carbocycles. The summed E-state index contributed by atoms with van der Waals surface area (Å²) in [6.45, 7) is 5.72. The first kappa shape index (κ1) is 29.4. The van der Waals surface area contributed by atoms with E-state index in [-0.39, 0.29) is 24.6 Å². The van der Waals surface area contributed by atoms with E-state index in [2.05, 4.69) is 43.5 Å². The Labute approximate surface area is 262 Å². The Morgan fingerprint density at radius 3 is 2.61 bits per heavy atom. The number of benzene rings is 3. The van der Waals surface area contributed by atoms with E-state index in [1.165, 1.54) is 17.4 Å². The minimum Gasteiger partial charge on any atom is -0.487 e. The average Bonchev–Trinajstić information content (AvgIpc) is 3.23. The van der Waals surface area contributed by atoms with E-state index >= 15 is 0 Å². The summed E-state index contributed by atoms with van der Waals surface area (Å²) in [6.07, 6.45) is 1.75. The molecule has 6 nitrogen and oxygen atoms in total. The second kappa shape index (κ2) is 12.4. The van der Waals surface area contributed by atoms with Gasteiger partial charge in [0.05, 0.1) is 32.0 Å². The molecule has 1 aliphatic rings. The van der Waals surface area contributed by atoms with Gasteiger partial charge in [0.1, 0.15) is 18.2 Å². The van der Waals surface area contributed by atoms with E-state index in [0.29, 0.717) is 37.5 Å². The number of fused-ring (bicyclic) bond motifs is 1. The van der Waals surface area contributed by atoms with E-state index in [1.807, 2.05) is 43.3 Å². The topological polar surface area (TPSA) is 69.9 Å². The second-order valence-corrected chi connectivity index (χ2v) is 12.5. The Morgan fingerprint density at radius 1 is 1.17 bits per heavy atom. The van der Waals surface area contributed by atoms with Crippen molar-refractivity contribution < 1.29 is 18.7 Å². The van der Waals surface area contributed by atoms with Gasteiger partial charge in [-0.3, -0.25) is 9.36 Å². The lowest BCUT2D eigenvalue weighted by molar-refractivity contribution is -0.139. The molecule has 5 rings (SSSR count). The summed E-state index contributed by atoms with van der Waals surface area (Å²) in [5, 5.41) is 0. The molecule has 4 aromatic rings. The fourth-order valence-corrected chi connectivity index (χ4v) is 7.35. The summed E-state index contributed by atoms with van der Waals surface area (Å²) < 4.78 is 29.3. The molecule has 41 heavy (non-hydrogen) atoms. The molecule has 1 aliphatic heterocycles. The van der Waals surface area contributed by atoms with Gasteiger partial charge in [-0.15, -0.1) is 0 Å². The van der Waals surface area contributed by atoms with Crippen LogP contribution in [0.4, 0.5) is 4.39 Å². The van der Waals surface area contributed by atoms with Crippen molar-refractivity contribution in [3.63, 3.8) is 0 Å².